The molecule has 3 N–H and O–H groups in total. The number of ether oxygens (including phenoxy) is 1. The van der Waals surface area contributed by atoms with Crippen LogP contribution < -0.4 is 15.4 Å². The number of anilines is 1. The van der Waals surface area contributed by atoms with Crippen molar-refractivity contribution in [3.8, 4) is 5.75 Å². The number of amides is 1. The normalized spacial score (nSPS) is 11.4. The first-order chi connectivity index (χ1) is 22.0. The molecule has 0 saturated carbocycles. The molecule has 45 heavy (non-hydrogen) atoms. The van der Waals surface area contributed by atoms with Gasteiger partial charge in [-0.1, -0.05) is 97.8 Å². The van der Waals surface area contributed by atoms with Crippen molar-refractivity contribution in [2.75, 3.05) is 18.5 Å². The predicted molar refractivity (Wildman–Crippen MR) is 178 cm³/mol. The number of carbonyl (C=O) groups is 3. The number of rotatable bonds is 19. The molecule has 0 saturated heterocycles. The molecular weight excluding hydrogens is 564 g/mol. The van der Waals surface area contributed by atoms with Crippen molar-refractivity contribution in [2.45, 2.75) is 57.4 Å². The third kappa shape index (κ3) is 11.3. The van der Waals surface area contributed by atoms with Gasteiger partial charge in [0.15, 0.2) is 5.78 Å². The van der Waals surface area contributed by atoms with Crippen LogP contribution in [0.1, 0.15) is 65.6 Å². The van der Waals surface area contributed by atoms with Crippen LogP contribution in [0.4, 0.5) is 5.69 Å². The van der Waals surface area contributed by atoms with E-state index in [2.05, 4.69) is 34.9 Å². The molecule has 4 rings (SSSR count). The van der Waals surface area contributed by atoms with Crippen LogP contribution in [-0.4, -0.2) is 42.0 Å². The summed E-state index contributed by atoms with van der Waals surface area (Å²) in [6.07, 6.45) is 6.79. The highest BCUT2D eigenvalue weighted by Crippen LogP contribution is 2.22. The number of nitrogens with one attached hydrogen (secondary N) is 2. The Morgan fingerprint density at radius 3 is 2.09 bits per heavy atom. The Hall–Kier alpha value is -4.91. The second-order valence-electron chi connectivity index (χ2n) is 11.1. The first-order valence-corrected chi connectivity index (χ1v) is 15.7. The number of hydrogen-bond donors (Lipinski definition) is 3. The summed E-state index contributed by atoms with van der Waals surface area (Å²) in [6, 6.07) is 32.7. The van der Waals surface area contributed by atoms with Crippen LogP contribution in [0.3, 0.4) is 0 Å². The molecular formula is C38H42N2O5. The number of para-hydroxylation sites is 1. The molecule has 0 unspecified atom stereocenters. The van der Waals surface area contributed by atoms with E-state index in [-0.39, 0.29) is 18.1 Å². The summed E-state index contributed by atoms with van der Waals surface area (Å²) < 4.78 is 5.82. The van der Waals surface area contributed by atoms with Crippen LogP contribution in [-0.2, 0) is 22.4 Å². The Bertz CT molecular complexity index is 1490. The fraction of sp³-hybridized carbons (Fsp3) is 0.289. The summed E-state index contributed by atoms with van der Waals surface area (Å²) in [5.41, 5.74) is 3.62. The van der Waals surface area contributed by atoms with E-state index in [1.54, 1.807) is 48.5 Å². The maximum atomic E-state index is 13.1. The SMILES string of the molecule is O=C(CCCCCCc1ccccc1)NCCCOc1ccc(C[C@H](Nc2ccccc2C(=O)c2ccccc2)C(=O)O)cc1. The van der Waals surface area contributed by atoms with Gasteiger partial charge in [0.25, 0.3) is 0 Å². The van der Waals surface area contributed by atoms with Gasteiger partial charge in [0.2, 0.25) is 5.91 Å². The van der Waals surface area contributed by atoms with Crippen molar-refractivity contribution < 1.29 is 24.2 Å². The summed E-state index contributed by atoms with van der Waals surface area (Å²) in [6.45, 7) is 1.02. The number of carbonyl (C=O) groups excluding carboxylic acids is 2. The molecule has 7 heteroatoms. The quantitative estimate of drug-likeness (QED) is 0.0777. The smallest absolute Gasteiger partial charge is 0.326 e. The number of aryl methyl sites for hydroxylation is 1. The van der Waals surface area contributed by atoms with E-state index in [0.29, 0.717) is 48.6 Å². The zero-order chi connectivity index (χ0) is 31.7. The Balaban J connectivity index is 1.14. The summed E-state index contributed by atoms with van der Waals surface area (Å²) in [5, 5.41) is 15.9. The lowest BCUT2D eigenvalue weighted by Gasteiger charge is -2.18. The molecule has 0 radical (unpaired) electrons. The van der Waals surface area contributed by atoms with Crippen molar-refractivity contribution in [2.24, 2.45) is 0 Å². The Morgan fingerprint density at radius 1 is 0.689 bits per heavy atom. The van der Waals surface area contributed by atoms with E-state index < -0.39 is 12.0 Å². The Kier molecular flexibility index (Phi) is 13.2. The zero-order valence-corrected chi connectivity index (χ0v) is 25.6. The molecule has 0 aromatic heterocycles. The fourth-order valence-corrected chi connectivity index (χ4v) is 5.09. The van der Waals surface area contributed by atoms with Gasteiger partial charge in [-0.3, -0.25) is 9.59 Å². The van der Waals surface area contributed by atoms with Gasteiger partial charge in [-0.2, -0.15) is 0 Å². The van der Waals surface area contributed by atoms with Gasteiger partial charge in [-0.05, 0) is 61.1 Å². The summed E-state index contributed by atoms with van der Waals surface area (Å²) in [5.74, 6) is -0.424. The first kappa shape index (κ1) is 33.0. The minimum absolute atomic E-state index is 0.0797. The Labute approximate surface area is 265 Å². The van der Waals surface area contributed by atoms with E-state index >= 15 is 0 Å². The van der Waals surface area contributed by atoms with Gasteiger partial charge in [0.05, 0.1) is 6.61 Å². The second-order valence-corrected chi connectivity index (χ2v) is 11.1. The van der Waals surface area contributed by atoms with Gasteiger partial charge in [0.1, 0.15) is 11.8 Å². The molecule has 7 nitrogen and oxygen atoms in total. The van der Waals surface area contributed by atoms with Crippen LogP contribution in [0.2, 0.25) is 0 Å². The lowest BCUT2D eigenvalue weighted by atomic mass is 10.00. The molecule has 0 spiro atoms. The van der Waals surface area contributed by atoms with E-state index in [9.17, 15) is 19.5 Å². The number of hydrogen-bond acceptors (Lipinski definition) is 5. The molecule has 1 atom stereocenters. The van der Waals surface area contributed by atoms with E-state index in [4.69, 9.17) is 4.74 Å². The number of carboxylic acids is 1. The van der Waals surface area contributed by atoms with E-state index in [0.717, 1.165) is 37.7 Å². The highest BCUT2D eigenvalue weighted by Gasteiger charge is 2.21. The second kappa shape index (κ2) is 18.0. The number of unbranched alkanes of at least 4 members (excludes halogenated alkanes) is 3. The van der Waals surface area contributed by atoms with Crippen LogP contribution in [0.15, 0.2) is 109 Å². The maximum Gasteiger partial charge on any atom is 0.326 e. The molecule has 4 aromatic carbocycles. The fourth-order valence-electron chi connectivity index (χ4n) is 5.09. The van der Waals surface area contributed by atoms with Gasteiger partial charge in [0, 0.05) is 36.2 Å². The van der Waals surface area contributed by atoms with Gasteiger partial charge in [-0.15, -0.1) is 0 Å². The molecule has 0 bridgehead atoms. The average molecular weight is 607 g/mol. The van der Waals surface area contributed by atoms with Crippen molar-refractivity contribution in [3.05, 3.63) is 131 Å². The molecule has 1 amide bonds. The summed E-state index contributed by atoms with van der Waals surface area (Å²) >= 11 is 0. The third-order valence-electron chi connectivity index (χ3n) is 7.57. The third-order valence-corrected chi connectivity index (χ3v) is 7.57. The van der Waals surface area contributed by atoms with Crippen molar-refractivity contribution in [1.82, 2.24) is 5.32 Å². The number of benzene rings is 4. The number of carboxylic acid groups (broad SMARTS) is 1. The lowest BCUT2D eigenvalue weighted by Crippen LogP contribution is -2.32. The van der Waals surface area contributed by atoms with Crippen LogP contribution in [0, 0.1) is 0 Å². The molecule has 0 aliphatic rings. The van der Waals surface area contributed by atoms with Gasteiger partial charge >= 0.3 is 5.97 Å². The molecule has 0 fully saturated rings. The maximum absolute atomic E-state index is 13.1. The molecule has 0 aliphatic heterocycles. The molecule has 0 heterocycles. The highest BCUT2D eigenvalue weighted by molar-refractivity contribution is 6.12. The largest absolute Gasteiger partial charge is 0.494 e. The molecule has 234 valence electrons. The highest BCUT2D eigenvalue weighted by atomic mass is 16.5. The number of aliphatic carboxylic acids is 1. The minimum Gasteiger partial charge on any atom is -0.494 e. The molecule has 0 aliphatic carbocycles. The Morgan fingerprint density at radius 2 is 1.36 bits per heavy atom. The minimum atomic E-state index is -1.01. The topological polar surface area (TPSA) is 105 Å². The predicted octanol–water partition coefficient (Wildman–Crippen LogP) is 7.10. The van der Waals surface area contributed by atoms with E-state index in [1.807, 2.05) is 36.4 Å². The van der Waals surface area contributed by atoms with Gasteiger partial charge in [-0.25, -0.2) is 4.79 Å². The van der Waals surface area contributed by atoms with Gasteiger partial charge < -0.3 is 20.5 Å². The summed E-state index contributed by atoms with van der Waals surface area (Å²) in [7, 11) is 0. The van der Waals surface area contributed by atoms with Crippen LogP contribution in [0.25, 0.3) is 0 Å². The van der Waals surface area contributed by atoms with Crippen LogP contribution >= 0.6 is 0 Å². The van der Waals surface area contributed by atoms with E-state index in [1.165, 1.54) is 5.56 Å². The van der Waals surface area contributed by atoms with Crippen LogP contribution in [0.5, 0.6) is 5.75 Å². The average Bonchev–Trinajstić information content (AvgIpc) is 3.07. The summed E-state index contributed by atoms with van der Waals surface area (Å²) in [4.78, 5) is 37.3. The standard InChI is InChI=1S/C38H42N2O5/c41-36(21-10-2-1-5-14-29-15-6-3-7-16-29)39-26-13-27-45-32-24-22-30(23-25-32)28-35(38(43)44)40-34-20-12-11-19-33(34)37(42)31-17-8-4-9-18-31/h3-4,6-9,11-12,15-20,22-25,35,40H,1-2,5,10,13-14,21,26-28H2,(H,39,41)(H,43,44)/t35-/m0/s1. The lowest BCUT2D eigenvalue weighted by molar-refractivity contribution is -0.137. The molecule has 4 aromatic rings. The monoisotopic (exact) mass is 606 g/mol. The van der Waals surface area contributed by atoms with Crippen molar-refractivity contribution in [3.63, 3.8) is 0 Å². The number of ketones is 1. The van der Waals surface area contributed by atoms with Crippen molar-refractivity contribution in [1.29, 1.82) is 0 Å². The zero-order valence-electron chi connectivity index (χ0n) is 25.6. The van der Waals surface area contributed by atoms with Crippen molar-refractivity contribution >= 4 is 23.3 Å². The first-order valence-electron chi connectivity index (χ1n) is 15.7.